The highest BCUT2D eigenvalue weighted by Crippen LogP contribution is 2.29. The van der Waals surface area contributed by atoms with Crippen LogP contribution < -0.4 is 15.8 Å². The summed E-state index contributed by atoms with van der Waals surface area (Å²) in [4.78, 5) is 38.0. The average molecular weight is 486 g/mol. The standard InChI is InChI=1S/C24H21Cl2N3O4/c1-29(13-21(30)28-22-18(25)9-5-10-19(22)26)24(32)16-7-4-6-15(12-16)14-33-20-11-3-2-8-17(20)23(27)31/h2-12H,13-14H2,1H3,(H2,27,31)(H,28,30). The Labute approximate surface area is 201 Å². The van der Waals surface area contributed by atoms with Crippen LogP contribution >= 0.6 is 23.2 Å². The quantitative estimate of drug-likeness (QED) is 0.493. The van der Waals surface area contributed by atoms with Crippen LogP contribution in [0.2, 0.25) is 10.0 Å². The molecule has 3 amide bonds. The largest absolute Gasteiger partial charge is 0.488 e. The lowest BCUT2D eigenvalue weighted by atomic mass is 10.1. The topological polar surface area (TPSA) is 102 Å². The van der Waals surface area contributed by atoms with Crippen LogP contribution in [0.5, 0.6) is 5.75 Å². The monoisotopic (exact) mass is 485 g/mol. The van der Waals surface area contributed by atoms with Crippen LogP contribution in [0.25, 0.3) is 0 Å². The lowest BCUT2D eigenvalue weighted by molar-refractivity contribution is -0.116. The van der Waals surface area contributed by atoms with Gasteiger partial charge in [-0.15, -0.1) is 0 Å². The van der Waals surface area contributed by atoms with E-state index in [0.29, 0.717) is 32.6 Å². The maximum Gasteiger partial charge on any atom is 0.254 e. The molecule has 3 rings (SSSR count). The number of benzene rings is 3. The molecule has 0 heterocycles. The van der Waals surface area contributed by atoms with E-state index in [1.165, 1.54) is 11.9 Å². The maximum absolute atomic E-state index is 12.8. The van der Waals surface area contributed by atoms with Crippen LogP contribution in [0, 0.1) is 0 Å². The number of nitrogens with two attached hydrogens (primary N) is 1. The van der Waals surface area contributed by atoms with Gasteiger partial charge in [-0.1, -0.05) is 53.5 Å². The summed E-state index contributed by atoms with van der Waals surface area (Å²) in [5, 5.41) is 3.23. The molecule has 0 saturated heterocycles. The zero-order chi connectivity index (χ0) is 24.0. The molecule has 0 saturated carbocycles. The van der Waals surface area contributed by atoms with Crippen molar-refractivity contribution in [2.24, 2.45) is 5.73 Å². The second-order valence-electron chi connectivity index (χ2n) is 7.16. The van der Waals surface area contributed by atoms with E-state index in [1.54, 1.807) is 66.7 Å². The van der Waals surface area contributed by atoms with E-state index in [2.05, 4.69) is 5.32 Å². The Bertz CT molecular complexity index is 1180. The number of primary amides is 1. The van der Waals surface area contributed by atoms with Crippen molar-refractivity contribution in [2.75, 3.05) is 18.9 Å². The lowest BCUT2D eigenvalue weighted by Crippen LogP contribution is -2.35. The van der Waals surface area contributed by atoms with Gasteiger partial charge in [0.2, 0.25) is 5.91 Å². The third-order valence-electron chi connectivity index (χ3n) is 4.68. The van der Waals surface area contributed by atoms with Crippen molar-refractivity contribution in [1.82, 2.24) is 4.90 Å². The molecule has 0 radical (unpaired) electrons. The predicted molar refractivity (Wildman–Crippen MR) is 128 cm³/mol. The number of hydrogen-bond acceptors (Lipinski definition) is 4. The average Bonchev–Trinajstić information content (AvgIpc) is 2.80. The molecular weight excluding hydrogens is 465 g/mol. The van der Waals surface area contributed by atoms with Gasteiger partial charge in [-0.25, -0.2) is 0 Å². The van der Waals surface area contributed by atoms with Crippen molar-refractivity contribution >= 4 is 46.6 Å². The van der Waals surface area contributed by atoms with Crippen molar-refractivity contribution < 1.29 is 19.1 Å². The summed E-state index contributed by atoms with van der Waals surface area (Å²) < 4.78 is 5.72. The van der Waals surface area contributed by atoms with Crippen molar-refractivity contribution in [1.29, 1.82) is 0 Å². The summed E-state index contributed by atoms with van der Waals surface area (Å²) in [5.74, 6) is -1.03. The Hall–Kier alpha value is -3.55. The summed E-state index contributed by atoms with van der Waals surface area (Å²) in [6.45, 7) is -0.0757. The molecule has 0 spiro atoms. The van der Waals surface area contributed by atoms with E-state index in [9.17, 15) is 14.4 Å². The van der Waals surface area contributed by atoms with Crippen molar-refractivity contribution in [3.05, 3.63) is 93.5 Å². The Morgan fingerprint density at radius 3 is 2.33 bits per heavy atom. The molecule has 0 aliphatic heterocycles. The molecule has 33 heavy (non-hydrogen) atoms. The first-order valence-corrected chi connectivity index (χ1v) is 10.6. The van der Waals surface area contributed by atoms with E-state index >= 15 is 0 Å². The number of nitrogens with zero attached hydrogens (tertiary/aromatic N) is 1. The zero-order valence-electron chi connectivity index (χ0n) is 17.7. The number of likely N-dealkylation sites (N-methyl/N-ethyl adjacent to an activating group) is 1. The van der Waals surface area contributed by atoms with Gasteiger partial charge in [-0.05, 0) is 42.0 Å². The minimum atomic E-state index is -0.590. The van der Waals surface area contributed by atoms with Gasteiger partial charge in [0.15, 0.2) is 0 Å². The normalized spacial score (nSPS) is 10.4. The first-order chi connectivity index (χ1) is 15.8. The molecule has 3 N–H and O–H groups in total. The first-order valence-electron chi connectivity index (χ1n) is 9.86. The van der Waals surface area contributed by atoms with Crippen LogP contribution in [-0.4, -0.2) is 36.2 Å². The number of hydrogen-bond donors (Lipinski definition) is 2. The summed E-state index contributed by atoms with van der Waals surface area (Å²) in [6.07, 6.45) is 0. The fourth-order valence-electron chi connectivity index (χ4n) is 3.06. The first kappa shape index (κ1) is 24.1. The molecule has 0 atom stereocenters. The fourth-order valence-corrected chi connectivity index (χ4v) is 3.55. The van der Waals surface area contributed by atoms with Crippen LogP contribution in [0.15, 0.2) is 66.7 Å². The molecule has 170 valence electrons. The third kappa shape index (κ3) is 6.25. The van der Waals surface area contributed by atoms with Gasteiger partial charge in [0.1, 0.15) is 12.4 Å². The summed E-state index contributed by atoms with van der Waals surface area (Å²) in [7, 11) is 1.52. The fraction of sp³-hybridized carbons (Fsp3) is 0.125. The highest BCUT2D eigenvalue weighted by atomic mass is 35.5. The smallest absolute Gasteiger partial charge is 0.254 e. The predicted octanol–water partition coefficient (Wildman–Crippen LogP) is 4.38. The van der Waals surface area contributed by atoms with Crippen molar-refractivity contribution in [3.63, 3.8) is 0 Å². The summed E-state index contributed by atoms with van der Waals surface area (Å²) >= 11 is 12.1. The van der Waals surface area contributed by atoms with Gasteiger partial charge in [0, 0.05) is 12.6 Å². The Kier molecular flexibility index (Phi) is 7.92. The van der Waals surface area contributed by atoms with Crippen LogP contribution in [0.4, 0.5) is 5.69 Å². The van der Waals surface area contributed by atoms with Crippen LogP contribution in [-0.2, 0) is 11.4 Å². The van der Waals surface area contributed by atoms with Crippen LogP contribution in [0.1, 0.15) is 26.3 Å². The number of carbonyl (C=O) groups excluding carboxylic acids is 3. The van der Waals surface area contributed by atoms with Gasteiger partial charge in [-0.2, -0.15) is 0 Å². The SMILES string of the molecule is CN(CC(=O)Nc1c(Cl)cccc1Cl)C(=O)c1cccc(COc2ccccc2C(N)=O)c1. The number of halogens is 2. The van der Waals surface area contributed by atoms with Crippen molar-refractivity contribution in [3.8, 4) is 5.75 Å². The maximum atomic E-state index is 12.8. The molecule has 0 aliphatic carbocycles. The molecular formula is C24H21Cl2N3O4. The molecule has 0 unspecified atom stereocenters. The number of carbonyl (C=O) groups is 3. The van der Waals surface area contributed by atoms with E-state index in [-0.39, 0.29) is 24.6 Å². The molecule has 7 nitrogen and oxygen atoms in total. The Morgan fingerprint density at radius 1 is 0.970 bits per heavy atom. The number of anilines is 1. The van der Waals surface area contributed by atoms with E-state index < -0.39 is 11.8 Å². The number of amides is 3. The lowest BCUT2D eigenvalue weighted by Gasteiger charge is -2.18. The summed E-state index contributed by atoms with van der Waals surface area (Å²) in [5.41, 5.74) is 7.02. The molecule has 3 aromatic rings. The molecule has 0 aromatic heterocycles. The minimum absolute atomic E-state index is 0.126. The number of para-hydroxylation sites is 2. The van der Waals surface area contributed by atoms with Crippen molar-refractivity contribution in [2.45, 2.75) is 6.61 Å². The highest BCUT2D eigenvalue weighted by molar-refractivity contribution is 6.39. The highest BCUT2D eigenvalue weighted by Gasteiger charge is 2.17. The molecule has 3 aromatic carbocycles. The van der Waals surface area contributed by atoms with Gasteiger partial charge in [-0.3, -0.25) is 14.4 Å². The zero-order valence-corrected chi connectivity index (χ0v) is 19.2. The minimum Gasteiger partial charge on any atom is -0.488 e. The second kappa shape index (κ2) is 10.8. The van der Waals surface area contributed by atoms with E-state index in [4.69, 9.17) is 33.7 Å². The third-order valence-corrected chi connectivity index (χ3v) is 5.31. The number of rotatable bonds is 8. The summed E-state index contributed by atoms with van der Waals surface area (Å²) in [6, 6.07) is 18.3. The number of nitrogens with one attached hydrogen (secondary N) is 1. The molecule has 0 aliphatic rings. The Balaban J connectivity index is 1.64. The molecule has 0 bridgehead atoms. The van der Waals surface area contributed by atoms with Crippen LogP contribution in [0.3, 0.4) is 0 Å². The Morgan fingerprint density at radius 2 is 1.64 bits per heavy atom. The van der Waals surface area contributed by atoms with Gasteiger partial charge in [0.25, 0.3) is 11.8 Å². The molecule has 0 fully saturated rings. The van der Waals surface area contributed by atoms with Gasteiger partial charge in [0.05, 0.1) is 27.8 Å². The van der Waals surface area contributed by atoms with E-state index in [1.807, 2.05) is 0 Å². The van der Waals surface area contributed by atoms with Gasteiger partial charge >= 0.3 is 0 Å². The molecule has 9 heteroatoms. The van der Waals surface area contributed by atoms with Gasteiger partial charge < -0.3 is 20.7 Å². The number of ether oxygens (including phenoxy) is 1. The van der Waals surface area contributed by atoms with E-state index in [0.717, 1.165) is 0 Å². The second-order valence-corrected chi connectivity index (χ2v) is 7.97.